The van der Waals surface area contributed by atoms with Crippen molar-refractivity contribution >= 4 is 5.97 Å². The molecule has 1 fully saturated rings. The molecule has 1 saturated carbocycles. The summed E-state index contributed by atoms with van der Waals surface area (Å²) in [5.74, 6) is 0.556. The number of methoxy groups -OCH3 is 1. The fourth-order valence-electron chi connectivity index (χ4n) is 1.90. The summed E-state index contributed by atoms with van der Waals surface area (Å²) in [5, 5.41) is 9.24. The molecule has 0 saturated heterocycles. The van der Waals surface area contributed by atoms with Gasteiger partial charge in [0.05, 0.1) is 18.6 Å². The lowest BCUT2D eigenvalue weighted by molar-refractivity contribution is -0.146. The summed E-state index contributed by atoms with van der Waals surface area (Å²) in [7, 11) is 1.60. The van der Waals surface area contributed by atoms with Crippen molar-refractivity contribution in [1.82, 2.24) is 0 Å². The van der Waals surface area contributed by atoms with E-state index in [0.29, 0.717) is 17.9 Å². The number of hydrogen-bond donors (Lipinski definition) is 1. The highest BCUT2D eigenvalue weighted by atomic mass is 16.5. The van der Waals surface area contributed by atoms with Gasteiger partial charge in [-0.15, -0.1) is 0 Å². The van der Waals surface area contributed by atoms with Crippen LogP contribution in [-0.2, 0) is 11.2 Å². The molecule has 1 aromatic rings. The van der Waals surface area contributed by atoms with Crippen LogP contribution in [0.5, 0.6) is 11.5 Å². The first-order valence-corrected chi connectivity index (χ1v) is 6.50. The molecule has 0 unspecified atom stereocenters. The first-order valence-electron chi connectivity index (χ1n) is 6.50. The third kappa shape index (κ3) is 3.19. The molecule has 104 valence electrons. The van der Waals surface area contributed by atoms with E-state index >= 15 is 0 Å². The summed E-state index contributed by atoms with van der Waals surface area (Å²) < 4.78 is 11.2. The van der Waals surface area contributed by atoms with Gasteiger partial charge in [-0.1, -0.05) is 12.1 Å². The lowest BCUT2D eigenvalue weighted by atomic mass is 9.85. The van der Waals surface area contributed by atoms with Crippen molar-refractivity contribution in [1.29, 1.82) is 0 Å². The topological polar surface area (TPSA) is 55.8 Å². The first kappa shape index (κ1) is 13.7. The Labute approximate surface area is 113 Å². The first-order chi connectivity index (χ1) is 8.94. The van der Waals surface area contributed by atoms with Crippen molar-refractivity contribution < 1.29 is 19.4 Å². The van der Waals surface area contributed by atoms with Crippen LogP contribution in [0.25, 0.3) is 0 Å². The van der Waals surface area contributed by atoms with E-state index in [-0.39, 0.29) is 6.10 Å². The summed E-state index contributed by atoms with van der Waals surface area (Å²) in [6.45, 7) is 3.44. The van der Waals surface area contributed by atoms with E-state index in [1.165, 1.54) is 0 Å². The van der Waals surface area contributed by atoms with Gasteiger partial charge in [-0.05, 0) is 44.7 Å². The van der Waals surface area contributed by atoms with E-state index < -0.39 is 11.4 Å². The molecule has 1 aliphatic rings. The average Bonchev–Trinajstić information content (AvgIpc) is 3.14. The van der Waals surface area contributed by atoms with Crippen molar-refractivity contribution in [3.63, 3.8) is 0 Å². The Bertz CT molecular complexity index is 475. The monoisotopic (exact) mass is 264 g/mol. The van der Waals surface area contributed by atoms with Crippen LogP contribution in [0.2, 0.25) is 0 Å². The zero-order chi connectivity index (χ0) is 14.0. The molecule has 19 heavy (non-hydrogen) atoms. The van der Waals surface area contributed by atoms with Gasteiger partial charge in [-0.25, -0.2) is 0 Å². The van der Waals surface area contributed by atoms with Crippen molar-refractivity contribution in [2.75, 3.05) is 7.11 Å². The molecule has 0 aliphatic heterocycles. The smallest absolute Gasteiger partial charge is 0.309 e. The van der Waals surface area contributed by atoms with Crippen LogP contribution < -0.4 is 9.47 Å². The quantitative estimate of drug-likeness (QED) is 0.858. The second-order valence-corrected chi connectivity index (χ2v) is 5.63. The third-order valence-corrected chi connectivity index (χ3v) is 3.30. The predicted molar refractivity (Wildman–Crippen MR) is 71.8 cm³/mol. The Morgan fingerprint density at radius 1 is 1.42 bits per heavy atom. The minimum absolute atomic E-state index is 0.253. The molecule has 0 heterocycles. The van der Waals surface area contributed by atoms with E-state index in [2.05, 4.69) is 0 Å². The largest absolute Gasteiger partial charge is 0.493 e. The molecule has 1 aliphatic carbocycles. The molecular weight excluding hydrogens is 244 g/mol. The van der Waals surface area contributed by atoms with E-state index in [4.69, 9.17) is 9.47 Å². The molecule has 0 spiro atoms. The van der Waals surface area contributed by atoms with Gasteiger partial charge >= 0.3 is 5.97 Å². The van der Waals surface area contributed by atoms with Gasteiger partial charge < -0.3 is 14.6 Å². The average molecular weight is 264 g/mol. The highest BCUT2D eigenvalue weighted by Crippen LogP contribution is 2.39. The molecular formula is C15H20O4. The minimum Gasteiger partial charge on any atom is -0.493 e. The Morgan fingerprint density at radius 2 is 2.11 bits per heavy atom. The Morgan fingerprint density at radius 3 is 2.63 bits per heavy atom. The number of carboxylic acid groups (broad SMARTS) is 1. The molecule has 0 aromatic heterocycles. The Balaban J connectivity index is 2.30. The van der Waals surface area contributed by atoms with Gasteiger partial charge in [-0.3, -0.25) is 4.79 Å². The van der Waals surface area contributed by atoms with Crippen molar-refractivity contribution in [2.24, 2.45) is 5.41 Å². The summed E-state index contributed by atoms with van der Waals surface area (Å²) in [4.78, 5) is 11.3. The molecule has 0 radical (unpaired) electrons. The number of carbonyl (C=O) groups is 1. The van der Waals surface area contributed by atoms with Gasteiger partial charge in [0.15, 0.2) is 11.5 Å². The maximum absolute atomic E-state index is 11.3. The van der Waals surface area contributed by atoms with Gasteiger partial charge in [0, 0.05) is 0 Å². The fourth-order valence-corrected chi connectivity index (χ4v) is 1.90. The number of rotatable bonds is 6. The summed E-state index contributed by atoms with van der Waals surface area (Å²) in [6, 6.07) is 5.62. The van der Waals surface area contributed by atoms with Crippen LogP contribution in [-0.4, -0.2) is 24.3 Å². The van der Waals surface area contributed by atoms with Crippen molar-refractivity contribution in [2.45, 2.75) is 39.2 Å². The molecule has 0 bridgehead atoms. The number of ether oxygens (including phenoxy) is 2. The van der Waals surface area contributed by atoms with Crippen LogP contribution in [0.1, 0.15) is 32.3 Å². The molecule has 0 amide bonds. The predicted octanol–water partition coefficient (Wildman–Crippen LogP) is 2.89. The molecule has 1 aromatic carbocycles. The Hall–Kier alpha value is -1.71. The standard InChI is InChI=1S/C15H20O4/c1-15(2,14(16)17)9-10-5-4-6-12(18-3)13(10)19-11-7-8-11/h4-6,11H,7-9H2,1-3H3,(H,16,17). The lowest BCUT2D eigenvalue weighted by Gasteiger charge is -2.22. The minimum atomic E-state index is -0.825. The fraction of sp³-hybridized carbons (Fsp3) is 0.533. The van der Waals surface area contributed by atoms with Gasteiger partial charge in [0.1, 0.15) is 0 Å². The number of aliphatic carboxylic acids is 1. The van der Waals surface area contributed by atoms with Crippen LogP contribution in [0, 0.1) is 5.41 Å². The molecule has 1 N–H and O–H groups in total. The SMILES string of the molecule is COc1cccc(CC(C)(C)C(=O)O)c1OC1CC1. The maximum Gasteiger partial charge on any atom is 0.309 e. The summed E-state index contributed by atoms with van der Waals surface area (Å²) >= 11 is 0. The number of carboxylic acids is 1. The lowest BCUT2D eigenvalue weighted by Crippen LogP contribution is -2.26. The molecule has 4 nitrogen and oxygen atoms in total. The number of hydrogen-bond acceptors (Lipinski definition) is 3. The molecule has 0 atom stereocenters. The van der Waals surface area contributed by atoms with Gasteiger partial charge in [-0.2, -0.15) is 0 Å². The third-order valence-electron chi connectivity index (χ3n) is 3.30. The summed E-state index contributed by atoms with van der Waals surface area (Å²) in [5.41, 5.74) is 0.0623. The van der Waals surface area contributed by atoms with E-state index in [1.807, 2.05) is 18.2 Å². The van der Waals surface area contributed by atoms with Crippen molar-refractivity contribution in [3.8, 4) is 11.5 Å². The highest BCUT2D eigenvalue weighted by molar-refractivity contribution is 5.74. The van der Waals surface area contributed by atoms with Crippen LogP contribution in [0.4, 0.5) is 0 Å². The highest BCUT2D eigenvalue weighted by Gasteiger charge is 2.31. The van der Waals surface area contributed by atoms with E-state index in [0.717, 1.165) is 18.4 Å². The Kier molecular flexibility index (Phi) is 3.69. The van der Waals surface area contributed by atoms with Crippen LogP contribution >= 0.6 is 0 Å². The summed E-state index contributed by atoms with van der Waals surface area (Å²) in [6.07, 6.45) is 2.78. The zero-order valence-electron chi connectivity index (χ0n) is 11.6. The van der Waals surface area contributed by atoms with Crippen LogP contribution in [0.15, 0.2) is 18.2 Å². The number of para-hydroxylation sites is 1. The molecule has 4 heteroatoms. The van der Waals surface area contributed by atoms with E-state index in [9.17, 15) is 9.90 Å². The van der Waals surface area contributed by atoms with Crippen molar-refractivity contribution in [3.05, 3.63) is 23.8 Å². The second-order valence-electron chi connectivity index (χ2n) is 5.63. The maximum atomic E-state index is 11.3. The van der Waals surface area contributed by atoms with Gasteiger partial charge in [0.25, 0.3) is 0 Å². The van der Waals surface area contributed by atoms with E-state index in [1.54, 1.807) is 21.0 Å². The number of benzene rings is 1. The molecule has 2 rings (SSSR count). The van der Waals surface area contributed by atoms with Crippen LogP contribution in [0.3, 0.4) is 0 Å². The van der Waals surface area contributed by atoms with Gasteiger partial charge in [0.2, 0.25) is 0 Å². The second kappa shape index (κ2) is 5.11. The normalized spacial score (nSPS) is 15.1. The zero-order valence-corrected chi connectivity index (χ0v) is 11.6.